The van der Waals surface area contributed by atoms with E-state index < -0.39 is 0 Å². The lowest BCUT2D eigenvalue weighted by atomic mass is 9.93. The molecule has 2 atom stereocenters. The van der Waals surface area contributed by atoms with Crippen LogP contribution in [0.5, 0.6) is 0 Å². The number of rotatable bonds is 2. The van der Waals surface area contributed by atoms with E-state index in [2.05, 4.69) is 34.0 Å². The van der Waals surface area contributed by atoms with Gasteiger partial charge in [0.1, 0.15) is 0 Å². The number of nitrogens with one attached hydrogen (secondary N) is 1. The molecule has 1 fully saturated rings. The van der Waals surface area contributed by atoms with Crippen molar-refractivity contribution in [2.75, 3.05) is 13.2 Å². The summed E-state index contributed by atoms with van der Waals surface area (Å²) in [6, 6.07) is 3.52. The molecule has 0 spiro atoms. The predicted octanol–water partition coefficient (Wildman–Crippen LogP) is 3.50. The number of hydrogen-bond acceptors (Lipinski definition) is 3. The highest BCUT2D eigenvalue weighted by Gasteiger charge is 2.25. The van der Waals surface area contributed by atoms with Gasteiger partial charge < -0.3 is 10.1 Å². The van der Waals surface area contributed by atoms with Crippen molar-refractivity contribution >= 4 is 33.9 Å². The molecule has 1 N–H and O–H groups in total. The van der Waals surface area contributed by atoms with Crippen LogP contribution in [0.3, 0.4) is 0 Å². The van der Waals surface area contributed by atoms with Crippen molar-refractivity contribution in [3.63, 3.8) is 0 Å². The van der Waals surface area contributed by atoms with E-state index in [4.69, 9.17) is 4.74 Å². The number of ether oxygens (including phenoxy) is 1. The van der Waals surface area contributed by atoms with Crippen molar-refractivity contribution in [1.29, 1.82) is 0 Å². The van der Waals surface area contributed by atoms with Crippen LogP contribution < -0.4 is 5.32 Å². The Balaban J connectivity index is 1.71. The SMILES string of the molecule is Ic1cc2c(s1)CCCC2NC1CCCOC1. The van der Waals surface area contributed by atoms with Gasteiger partial charge in [0.15, 0.2) is 0 Å². The van der Waals surface area contributed by atoms with Crippen LogP contribution in [0.15, 0.2) is 6.07 Å². The van der Waals surface area contributed by atoms with E-state index in [1.165, 1.54) is 35.0 Å². The molecule has 4 heteroatoms. The fraction of sp³-hybridized carbons (Fsp3) is 0.692. The van der Waals surface area contributed by atoms with E-state index >= 15 is 0 Å². The van der Waals surface area contributed by atoms with E-state index in [0.717, 1.165) is 13.2 Å². The lowest BCUT2D eigenvalue weighted by Crippen LogP contribution is -2.39. The van der Waals surface area contributed by atoms with E-state index in [1.54, 1.807) is 10.4 Å². The minimum Gasteiger partial charge on any atom is -0.380 e. The molecule has 0 radical (unpaired) electrons. The van der Waals surface area contributed by atoms with Crippen LogP contribution in [0.1, 0.15) is 42.2 Å². The summed E-state index contributed by atoms with van der Waals surface area (Å²) < 4.78 is 6.99. The average molecular weight is 363 g/mol. The van der Waals surface area contributed by atoms with Gasteiger partial charge in [-0.3, -0.25) is 0 Å². The second-order valence-electron chi connectivity index (χ2n) is 4.95. The van der Waals surface area contributed by atoms with Crippen LogP contribution in [-0.2, 0) is 11.2 Å². The molecule has 1 saturated heterocycles. The maximum Gasteiger partial charge on any atom is 0.0659 e. The normalized spacial score (nSPS) is 29.0. The molecule has 2 unspecified atom stereocenters. The monoisotopic (exact) mass is 363 g/mol. The number of halogens is 1. The van der Waals surface area contributed by atoms with Gasteiger partial charge in [-0.2, -0.15) is 0 Å². The van der Waals surface area contributed by atoms with Crippen LogP contribution in [0.2, 0.25) is 0 Å². The van der Waals surface area contributed by atoms with E-state index in [0.29, 0.717) is 12.1 Å². The third-order valence-electron chi connectivity index (χ3n) is 3.68. The third-order valence-corrected chi connectivity index (χ3v) is 5.65. The molecular formula is C13H18INOS. The summed E-state index contributed by atoms with van der Waals surface area (Å²) in [4.78, 5) is 1.61. The predicted molar refractivity (Wildman–Crippen MR) is 79.7 cm³/mol. The average Bonchev–Trinajstić information content (AvgIpc) is 2.72. The van der Waals surface area contributed by atoms with Crippen molar-refractivity contribution < 1.29 is 4.74 Å². The number of fused-ring (bicyclic) bond motifs is 1. The van der Waals surface area contributed by atoms with Crippen molar-refractivity contribution in [2.45, 2.75) is 44.2 Å². The summed E-state index contributed by atoms with van der Waals surface area (Å²) in [7, 11) is 0. The first-order valence-corrected chi connectivity index (χ1v) is 8.34. The Bertz CT molecular complexity index is 387. The first-order valence-electron chi connectivity index (χ1n) is 6.45. The van der Waals surface area contributed by atoms with Gasteiger partial charge in [-0.15, -0.1) is 11.3 Å². The van der Waals surface area contributed by atoms with E-state index in [1.807, 2.05) is 11.3 Å². The van der Waals surface area contributed by atoms with Crippen LogP contribution in [-0.4, -0.2) is 19.3 Å². The Kier molecular flexibility index (Phi) is 4.04. The molecule has 94 valence electrons. The van der Waals surface area contributed by atoms with Gasteiger partial charge >= 0.3 is 0 Å². The smallest absolute Gasteiger partial charge is 0.0659 e. The molecule has 1 aromatic rings. The first-order chi connectivity index (χ1) is 8.33. The van der Waals surface area contributed by atoms with Gasteiger partial charge in [0.2, 0.25) is 0 Å². The molecule has 0 bridgehead atoms. The number of aryl methyl sites for hydroxylation is 1. The zero-order chi connectivity index (χ0) is 11.7. The van der Waals surface area contributed by atoms with Gasteiger partial charge in [0, 0.05) is 23.6 Å². The zero-order valence-corrected chi connectivity index (χ0v) is 12.9. The Morgan fingerprint density at radius 1 is 1.35 bits per heavy atom. The van der Waals surface area contributed by atoms with Crippen LogP contribution >= 0.6 is 33.9 Å². The minimum atomic E-state index is 0.567. The first kappa shape index (κ1) is 12.4. The highest BCUT2D eigenvalue weighted by molar-refractivity contribution is 14.1. The highest BCUT2D eigenvalue weighted by atomic mass is 127. The van der Waals surface area contributed by atoms with Crippen LogP contribution in [0.4, 0.5) is 0 Å². The Labute approximate surface area is 120 Å². The summed E-state index contributed by atoms with van der Waals surface area (Å²) in [5.74, 6) is 0. The minimum absolute atomic E-state index is 0.567. The molecule has 2 nitrogen and oxygen atoms in total. The molecule has 2 heterocycles. The summed E-state index contributed by atoms with van der Waals surface area (Å²) in [5.41, 5.74) is 1.57. The summed E-state index contributed by atoms with van der Waals surface area (Å²) in [5, 5.41) is 3.81. The lowest BCUT2D eigenvalue weighted by Gasteiger charge is -2.30. The second kappa shape index (κ2) is 5.55. The molecule has 17 heavy (non-hydrogen) atoms. The van der Waals surface area contributed by atoms with Crippen molar-refractivity contribution in [2.24, 2.45) is 0 Å². The molecule has 0 aromatic carbocycles. The molecule has 0 saturated carbocycles. The lowest BCUT2D eigenvalue weighted by molar-refractivity contribution is 0.0654. The van der Waals surface area contributed by atoms with Crippen LogP contribution in [0.25, 0.3) is 0 Å². The molecule has 1 aromatic heterocycles. The zero-order valence-electron chi connectivity index (χ0n) is 9.88. The molecule has 0 amide bonds. The van der Waals surface area contributed by atoms with Gasteiger partial charge in [-0.1, -0.05) is 0 Å². The van der Waals surface area contributed by atoms with E-state index in [-0.39, 0.29) is 0 Å². The van der Waals surface area contributed by atoms with Gasteiger partial charge in [0.25, 0.3) is 0 Å². The van der Waals surface area contributed by atoms with Gasteiger partial charge in [-0.25, -0.2) is 0 Å². The Morgan fingerprint density at radius 2 is 2.29 bits per heavy atom. The fourth-order valence-corrected chi connectivity index (χ4v) is 4.97. The van der Waals surface area contributed by atoms with Gasteiger partial charge in [-0.05, 0) is 66.3 Å². The Morgan fingerprint density at radius 3 is 3.12 bits per heavy atom. The summed E-state index contributed by atoms with van der Waals surface area (Å²) in [6.45, 7) is 1.84. The standard InChI is InChI=1S/C13H18INOS/c14-13-7-10-11(4-1-5-12(10)17-13)15-9-3-2-6-16-8-9/h7,9,11,15H,1-6,8H2. The largest absolute Gasteiger partial charge is 0.380 e. The quantitative estimate of drug-likeness (QED) is 0.813. The van der Waals surface area contributed by atoms with Crippen molar-refractivity contribution in [3.8, 4) is 0 Å². The topological polar surface area (TPSA) is 21.3 Å². The Hall–Kier alpha value is 0.350. The fourth-order valence-electron chi connectivity index (χ4n) is 2.85. The summed E-state index contributed by atoms with van der Waals surface area (Å²) >= 11 is 4.42. The molecule has 1 aliphatic carbocycles. The van der Waals surface area contributed by atoms with Gasteiger partial charge in [0.05, 0.1) is 9.49 Å². The van der Waals surface area contributed by atoms with Crippen molar-refractivity contribution in [3.05, 3.63) is 19.4 Å². The van der Waals surface area contributed by atoms with E-state index in [9.17, 15) is 0 Å². The molecule has 2 aliphatic rings. The number of thiophene rings is 1. The second-order valence-corrected chi connectivity index (χ2v) is 7.99. The van der Waals surface area contributed by atoms with Crippen LogP contribution in [0, 0.1) is 2.88 Å². The summed E-state index contributed by atoms with van der Waals surface area (Å²) in [6.07, 6.45) is 6.37. The maximum absolute atomic E-state index is 5.56. The number of hydrogen-bond donors (Lipinski definition) is 1. The molecule has 1 aliphatic heterocycles. The third kappa shape index (κ3) is 2.85. The molecule has 3 rings (SSSR count). The van der Waals surface area contributed by atoms with Crippen molar-refractivity contribution in [1.82, 2.24) is 5.32 Å². The molecular weight excluding hydrogens is 345 g/mol. The maximum atomic E-state index is 5.56. The highest BCUT2D eigenvalue weighted by Crippen LogP contribution is 2.36.